The number of aryl methyl sites for hydroxylation is 1. The molecule has 1 atom stereocenters. The van der Waals surface area contributed by atoms with Crippen molar-refractivity contribution in [3.63, 3.8) is 0 Å². The van der Waals surface area contributed by atoms with Crippen LogP contribution in [0.3, 0.4) is 0 Å². The lowest BCUT2D eigenvalue weighted by molar-refractivity contribution is -0.135. The van der Waals surface area contributed by atoms with Crippen LogP contribution in [0.25, 0.3) is 0 Å². The number of rotatable bonds is 8. The zero-order chi connectivity index (χ0) is 27.3. The SMILES string of the molecule is Cc1ccc(S(=O)(=O)N2CCN(C(=O)Cc3ccccn3)CC2C(=O)NCc2ccc(N(C)C)cc2)cc1. The predicted molar refractivity (Wildman–Crippen MR) is 146 cm³/mol. The fourth-order valence-corrected chi connectivity index (χ4v) is 5.90. The largest absolute Gasteiger partial charge is 0.378 e. The molecule has 10 heteroatoms. The molecule has 0 saturated carbocycles. The number of benzene rings is 2. The highest BCUT2D eigenvalue weighted by atomic mass is 32.2. The van der Waals surface area contributed by atoms with Crippen LogP contribution in [0.5, 0.6) is 0 Å². The van der Waals surface area contributed by atoms with E-state index in [0.717, 1.165) is 16.8 Å². The van der Waals surface area contributed by atoms with E-state index in [1.54, 1.807) is 47.5 Å². The number of nitrogens with one attached hydrogen (secondary N) is 1. The number of sulfonamides is 1. The minimum absolute atomic E-state index is 0.0137. The van der Waals surface area contributed by atoms with Crippen molar-refractivity contribution in [2.45, 2.75) is 30.8 Å². The number of pyridine rings is 1. The van der Waals surface area contributed by atoms with Gasteiger partial charge in [0, 0.05) is 57.9 Å². The number of aromatic nitrogens is 1. The summed E-state index contributed by atoms with van der Waals surface area (Å²) in [5.41, 5.74) is 3.47. The van der Waals surface area contributed by atoms with Gasteiger partial charge in [0.2, 0.25) is 21.8 Å². The number of nitrogens with zero attached hydrogens (tertiary/aromatic N) is 4. The van der Waals surface area contributed by atoms with Crippen LogP contribution < -0.4 is 10.2 Å². The zero-order valence-electron chi connectivity index (χ0n) is 21.9. The van der Waals surface area contributed by atoms with E-state index in [1.165, 1.54) is 4.31 Å². The molecule has 2 amide bonds. The molecule has 1 N–H and O–H groups in total. The molecule has 2 aromatic carbocycles. The van der Waals surface area contributed by atoms with E-state index < -0.39 is 22.0 Å². The van der Waals surface area contributed by atoms with E-state index in [0.29, 0.717) is 5.69 Å². The number of hydrogen-bond acceptors (Lipinski definition) is 6. The highest BCUT2D eigenvalue weighted by molar-refractivity contribution is 7.89. The highest BCUT2D eigenvalue weighted by Crippen LogP contribution is 2.23. The summed E-state index contributed by atoms with van der Waals surface area (Å²) in [6.07, 6.45) is 1.70. The standard InChI is InChI=1S/C28H33N5O4S/c1-21-7-13-25(14-8-21)38(36,37)33-17-16-32(27(34)18-23-6-4-5-15-29-23)20-26(33)28(35)30-19-22-9-11-24(12-10-22)31(2)3/h4-15,26H,16-20H2,1-3H3,(H,30,35). The maximum absolute atomic E-state index is 13.6. The van der Waals surface area contributed by atoms with Gasteiger partial charge in [-0.2, -0.15) is 4.31 Å². The Kier molecular flexibility index (Phi) is 8.43. The molecular weight excluding hydrogens is 502 g/mol. The first-order valence-electron chi connectivity index (χ1n) is 12.5. The maximum Gasteiger partial charge on any atom is 0.243 e. The molecule has 1 aliphatic heterocycles. The molecule has 0 spiro atoms. The molecule has 9 nitrogen and oxygen atoms in total. The van der Waals surface area contributed by atoms with E-state index >= 15 is 0 Å². The Morgan fingerprint density at radius 1 is 1.00 bits per heavy atom. The normalized spacial score (nSPS) is 16.2. The molecule has 0 bridgehead atoms. The van der Waals surface area contributed by atoms with Gasteiger partial charge in [-0.1, -0.05) is 35.9 Å². The molecule has 0 radical (unpaired) electrons. The van der Waals surface area contributed by atoms with E-state index in [4.69, 9.17) is 0 Å². The number of anilines is 1. The van der Waals surface area contributed by atoms with Crippen molar-refractivity contribution in [2.75, 3.05) is 38.6 Å². The fourth-order valence-electron chi connectivity index (χ4n) is 4.33. The third-order valence-electron chi connectivity index (χ3n) is 6.59. The summed E-state index contributed by atoms with van der Waals surface area (Å²) >= 11 is 0. The maximum atomic E-state index is 13.6. The molecule has 0 aliphatic carbocycles. The van der Waals surface area contributed by atoms with Gasteiger partial charge in [-0.3, -0.25) is 14.6 Å². The number of carbonyl (C=O) groups is 2. The molecule has 1 saturated heterocycles. The summed E-state index contributed by atoms with van der Waals surface area (Å²) in [7, 11) is -0.0659. The summed E-state index contributed by atoms with van der Waals surface area (Å²) in [5, 5.41) is 2.88. The van der Waals surface area contributed by atoms with Gasteiger partial charge in [0.05, 0.1) is 11.3 Å². The second-order valence-corrected chi connectivity index (χ2v) is 11.5. The summed E-state index contributed by atoms with van der Waals surface area (Å²) in [6.45, 7) is 2.28. The summed E-state index contributed by atoms with van der Waals surface area (Å²) in [6, 6.07) is 18.6. The van der Waals surface area contributed by atoms with Crippen LogP contribution in [0.1, 0.15) is 16.8 Å². The highest BCUT2D eigenvalue weighted by Gasteiger charge is 2.41. The quantitative estimate of drug-likeness (QED) is 0.475. The van der Waals surface area contributed by atoms with Gasteiger partial charge in [-0.25, -0.2) is 8.42 Å². The van der Waals surface area contributed by atoms with Crippen LogP contribution in [0.2, 0.25) is 0 Å². The second-order valence-electron chi connectivity index (χ2n) is 9.56. The molecule has 1 fully saturated rings. The predicted octanol–water partition coefficient (Wildman–Crippen LogP) is 2.22. The Balaban J connectivity index is 1.54. The fraction of sp³-hybridized carbons (Fsp3) is 0.321. The van der Waals surface area contributed by atoms with Crippen LogP contribution >= 0.6 is 0 Å². The van der Waals surface area contributed by atoms with Gasteiger partial charge in [0.1, 0.15) is 6.04 Å². The minimum Gasteiger partial charge on any atom is -0.378 e. The summed E-state index contributed by atoms with van der Waals surface area (Å²) in [4.78, 5) is 34.3. The van der Waals surface area contributed by atoms with Crippen LogP contribution in [0.15, 0.2) is 77.8 Å². The number of carbonyl (C=O) groups excluding carboxylic acids is 2. The van der Waals surface area contributed by atoms with Gasteiger partial charge in [-0.15, -0.1) is 0 Å². The molecule has 2 heterocycles. The number of piperazine rings is 1. The molecule has 1 aliphatic rings. The molecule has 4 rings (SSSR count). The van der Waals surface area contributed by atoms with Gasteiger partial charge < -0.3 is 15.1 Å². The van der Waals surface area contributed by atoms with Crippen LogP contribution in [0, 0.1) is 6.92 Å². The van der Waals surface area contributed by atoms with Gasteiger partial charge in [0.15, 0.2) is 0 Å². The number of amides is 2. The van der Waals surface area contributed by atoms with Crippen molar-refractivity contribution >= 4 is 27.5 Å². The van der Waals surface area contributed by atoms with Gasteiger partial charge in [0.25, 0.3) is 0 Å². The summed E-state index contributed by atoms with van der Waals surface area (Å²) in [5.74, 6) is -0.652. The van der Waals surface area contributed by atoms with E-state index in [1.807, 2.05) is 56.3 Å². The van der Waals surface area contributed by atoms with Crippen molar-refractivity contribution in [2.24, 2.45) is 0 Å². The smallest absolute Gasteiger partial charge is 0.243 e. The van der Waals surface area contributed by atoms with Crippen molar-refractivity contribution < 1.29 is 18.0 Å². The second kappa shape index (κ2) is 11.7. The summed E-state index contributed by atoms with van der Waals surface area (Å²) < 4.78 is 28.4. The van der Waals surface area contributed by atoms with Crippen LogP contribution in [-0.4, -0.2) is 74.2 Å². The van der Waals surface area contributed by atoms with Crippen molar-refractivity contribution in [3.8, 4) is 0 Å². The first-order valence-corrected chi connectivity index (χ1v) is 13.9. The molecule has 3 aromatic rings. The lowest BCUT2D eigenvalue weighted by Gasteiger charge is -2.39. The van der Waals surface area contributed by atoms with Gasteiger partial charge >= 0.3 is 0 Å². The average Bonchev–Trinajstić information content (AvgIpc) is 2.92. The first kappa shape index (κ1) is 27.3. The van der Waals surface area contributed by atoms with E-state index in [2.05, 4.69) is 10.3 Å². The third kappa shape index (κ3) is 6.38. The number of hydrogen-bond donors (Lipinski definition) is 1. The van der Waals surface area contributed by atoms with Gasteiger partial charge in [-0.05, 0) is 48.9 Å². The topological polar surface area (TPSA) is 103 Å². The van der Waals surface area contributed by atoms with Crippen molar-refractivity contribution in [3.05, 3.63) is 89.7 Å². The molecule has 38 heavy (non-hydrogen) atoms. The monoisotopic (exact) mass is 535 g/mol. The molecular formula is C28H33N5O4S. The van der Waals surface area contributed by atoms with Crippen LogP contribution in [-0.2, 0) is 32.6 Å². The van der Waals surface area contributed by atoms with Crippen LogP contribution in [0.4, 0.5) is 5.69 Å². The Morgan fingerprint density at radius 3 is 2.34 bits per heavy atom. The third-order valence-corrected chi connectivity index (χ3v) is 8.51. The van der Waals surface area contributed by atoms with Crippen molar-refractivity contribution in [1.29, 1.82) is 0 Å². The Morgan fingerprint density at radius 2 is 1.71 bits per heavy atom. The molecule has 200 valence electrons. The Bertz CT molecular complexity index is 1360. The minimum atomic E-state index is -3.96. The molecule has 1 aromatic heterocycles. The molecule has 1 unspecified atom stereocenters. The zero-order valence-corrected chi connectivity index (χ0v) is 22.7. The first-order chi connectivity index (χ1) is 18.1. The van der Waals surface area contributed by atoms with Crippen molar-refractivity contribution in [1.82, 2.24) is 19.5 Å². The average molecular weight is 536 g/mol. The lowest BCUT2D eigenvalue weighted by atomic mass is 10.1. The van der Waals surface area contributed by atoms with E-state index in [-0.39, 0.29) is 43.4 Å². The van der Waals surface area contributed by atoms with E-state index in [9.17, 15) is 18.0 Å². The lowest BCUT2D eigenvalue weighted by Crippen LogP contribution is -2.61. The Labute approximate surface area is 224 Å². The Hall–Kier alpha value is -3.76.